The van der Waals surface area contributed by atoms with Crippen LogP contribution in [-0.4, -0.2) is 51.6 Å². The van der Waals surface area contributed by atoms with Gasteiger partial charge < -0.3 is 10.5 Å². The Balaban J connectivity index is 1.73. The van der Waals surface area contributed by atoms with Gasteiger partial charge in [-0.25, -0.2) is 9.86 Å². The average Bonchev–Trinajstić information content (AvgIpc) is 3.00. The molecule has 1 aromatic carbocycles. The minimum Gasteiger partial charge on any atom is -0.444 e. The molecule has 8 heteroatoms. The molecule has 2 aliphatic rings. The third-order valence-corrected chi connectivity index (χ3v) is 4.78. The highest BCUT2D eigenvalue weighted by molar-refractivity contribution is 5.98. The molecule has 146 valence electrons. The van der Waals surface area contributed by atoms with E-state index in [4.69, 9.17) is 15.3 Å². The van der Waals surface area contributed by atoms with Crippen molar-refractivity contribution in [1.29, 1.82) is 0 Å². The van der Waals surface area contributed by atoms with Crippen LogP contribution in [0.1, 0.15) is 39.2 Å². The van der Waals surface area contributed by atoms with Crippen LogP contribution >= 0.6 is 0 Å². The summed E-state index contributed by atoms with van der Waals surface area (Å²) in [6, 6.07) is 8.60. The standard InChI is InChI=1S/C19H25N3O5/c1-18(2,3)27-17(25)22-14(15(20)23)9-10-19(22)12-21(16(19)24)26-11-13-7-5-4-6-8-13/h4-8,14H,9-12H2,1-3H3,(H2,20,23). The molecule has 27 heavy (non-hydrogen) atoms. The molecule has 8 nitrogen and oxygen atoms in total. The van der Waals surface area contributed by atoms with Gasteiger partial charge in [0.2, 0.25) is 5.91 Å². The fraction of sp³-hybridized carbons (Fsp3) is 0.526. The van der Waals surface area contributed by atoms with E-state index in [-0.39, 0.29) is 19.1 Å². The normalized spacial score (nSPS) is 24.9. The van der Waals surface area contributed by atoms with Crippen molar-refractivity contribution >= 4 is 17.9 Å². The first kappa shape index (κ1) is 19.2. The highest BCUT2D eigenvalue weighted by Crippen LogP contribution is 2.43. The van der Waals surface area contributed by atoms with Gasteiger partial charge in [0.25, 0.3) is 5.91 Å². The average molecular weight is 375 g/mol. The van der Waals surface area contributed by atoms with Gasteiger partial charge in [-0.2, -0.15) is 0 Å². The van der Waals surface area contributed by atoms with Crippen LogP contribution in [0.15, 0.2) is 30.3 Å². The highest BCUT2D eigenvalue weighted by Gasteiger charge is 2.65. The van der Waals surface area contributed by atoms with E-state index in [1.807, 2.05) is 30.3 Å². The van der Waals surface area contributed by atoms with Gasteiger partial charge in [-0.05, 0) is 39.2 Å². The predicted molar refractivity (Wildman–Crippen MR) is 96.0 cm³/mol. The summed E-state index contributed by atoms with van der Waals surface area (Å²) >= 11 is 0. The summed E-state index contributed by atoms with van der Waals surface area (Å²) in [5.41, 5.74) is 4.51. The Morgan fingerprint density at radius 3 is 2.48 bits per heavy atom. The van der Waals surface area contributed by atoms with Crippen molar-refractivity contribution in [3.05, 3.63) is 35.9 Å². The van der Waals surface area contributed by atoms with Crippen LogP contribution < -0.4 is 5.73 Å². The van der Waals surface area contributed by atoms with E-state index >= 15 is 0 Å². The zero-order valence-electron chi connectivity index (χ0n) is 15.8. The summed E-state index contributed by atoms with van der Waals surface area (Å²) in [5.74, 6) is -0.998. The molecule has 2 fully saturated rings. The first-order valence-corrected chi connectivity index (χ1v) is 8.94. The molecule has 2 aliphatic heterocycles. The van der Waals surface area contributed by atoms with E-state index < -0.39 is 29.2 Å². The molecule has 0 aliphatic carbocycles. The van der Waals surface area contributed by atoms with Crippen molar-refractivity contribution in [2.24, 2.45) is 5.73 Å². The number of amides is 3. The minimum atomic E-state index is -1.13. The molecule has 2 heterocycles. The molecule has 3 rings (SSSR count). The van der Waals surface area contributed by atoms with Crippen LogP contribution in [0.3, 0.4) is 0 Å². The number of benzene rings is 1. The molecule has 1 spiro atoms. The third kappa shape index (κ3) is 3.62. The predicted octanol–water partition coefficient (Wildman–Crippen LogP) is 1.58. The first-order valence-electron chi connectivity index (χ1n) is 8.94. The molecule has 1 aromatic rings. The van der Waals surface area contributed by atoms with Gasteiger partial charge in [0.15, 0.2) is 0 Å². The van der Waals surface area contributed by atoms with E-state index in [0.717, 1.165) is 5.56 Å². The van der Waals surface area contributed by atoms with Crippen molar-refractivity contribution in [1.82, 2.24) is 9.96 Å². The lowest BCUT2D eigenvalue weighted by atomic mass is 9.88. The van der Waals surface area contributed by atoms with Crippen molar-refractivity contribution in [3.63, 3.8) is 0 Å². The maximum absolute atomic E-state index is 12.9. The highest BCUT2D eigenvalue weighted by atomic mass is 16.7. The number of primary amides is 1. The molecule has 0 radical (unpaired) electrons. The number of carbonyl (C=O) groups excluding carboxylic acids is 3. The quantitative estimate of drug-likeness (QED) is 0.805. The van der Waals surface area contributed by atoms with Gasteiger partial charge in [-0.15, -0.1) is 0 Å². The van der Waals surface area contributed by atoms with Crippen molar-refractivity contribution in [3.8, 4) is 0 Å². The van der Waals surface area contributed by atoms with Gasteiger partial charge in [0.05, 0.1) is 6.54 Å². The Morgan fingerprint density at radius 1 is 1.26 bits per heavy atom. The number of hydroxylamine groups is 2. The number of nitrogens with zero attached hydrogens (tertiary/aromatic N) is 2. The second kappa shape index (κ2) is 6.84. The van der Waals surface area contributed by atoms with Gasteiger partial charge in [0, 0.05) is 0 Å². The Labute approximate surface area is 158 Å². The van der Waals surface area contributed by atoms with E-state index in [2.05, 4.69) is 0 Å². The topological polar surface area (TPSA) is 102 Å². The summed E-state index contributed by atoms with van der Waals surface area (Å²) in [5, 5.41) is 1.23. The number of likely N-dealkylation sites (tertiary alicyclic amines) is 1. The zero-order valence-corrected chi connectivity index (χ0v) is 15.8. The Kier molecular flexibility index (Phi) is 4.86. The molecule has 3 amide bonds. The van der Waals surface area contributed by atoms with Crippen molar-refractivity contribution in [2.75, 3.05) is 6.54 Å². The maximum Gasteiger partial charge on any atom is 0.411 e. The maximum atomic E-state index is 12.9. The summed E-state index contributed by atoms with van der Waals surface area (Å²) < 4.78 is 5.41. The fourth-order valence-corrected chi connectivity index (χ4v) is 3.52. The Bertz CT molecular complexity index is 745. The van der Waals surface area contributed by atoms with Gasteiger partial charge in [0.1, 0.15) is 23.8 Å². The summed E-state index contributed by atoms with van der Waals surface area (Å²) in [6.07, 6.45) is -0.0312. The number of β-lactam (4-membered cyclic amide) rings is 1. The van der Waals surface area contributed by atoms with Crippen LogP contribution in [0.4, 0.5) is 4.79 Å². The Morgan fingerprint density at radius 2 is 1.93 bits per heavy atom. The van der Waals surface area contributed by atoms with E-state index in [1.54, 1.807) is 20.8 Å². The number of ether oxygens (including phenoxy) is 1. The second-order valence-electron chi connectivity index (χ2n) is 7.94. The van der Waals surface area contributed by atoms with E-state index in [0.29, 0.717) is 12.8 Å². The summed E-state index contributed by atoms with van der Waals surface area (Å²) in [4.78, 5) is 44.2. The molecule has 2 unspecified atom stereocenters. The number of rotatable bonds is 4. The lowest BCUT2D eigenvalue weighted by Gasteiger charge is -2.50. The number of hydrogen-bond donors (Lipinski definition) is 1. The number of hydrogen-bond acceptors (Lipinski definition) is 5. The van der Waals surface area contributed by atoms with Crippen LogP contribution in [0, 0.1) is 0 Å². The SMILES string of the molecule is CC(C)(C)OC(=O)N1C(C(N)=O)CCC12CN(OCc1ccccc1)C2=O. The molecule has 0 aromatic heterocycles. The Hall–Kier alpha value is -2.61. The molecule has 0 bridgehead atoms. The fourth-order valence-electron chi connectivity index (χ4n) is 3.52. The van der Waals surface area contributed by atoms with Crippen molar-refractivity contribution in [2.45, 2.75) is 57.4 Å². The van der Waals surface area contributed by atoms with E-state index in [1.165, 1.54) is 9.96 Å². The van der Waals surface area contributed by atoms with Crippen LogP contribution in [0.25, 0.3) is 0 Å². The monoisotopic (exact) mass is 375 g/mol. The molecule has 2 N–H and O–H groups in total. The zero-order chi connectivity index (χ0) is 19.8. The van der Waals surface area contributed by atoms with Crippen LogP contribution in [0.5, 0.6) is 0 Å². The van der Waals surface area contributed by atoms with Crippen molar-refractivity contribution < 1.29 is 24.0 Å². The van der Waals surface area contributed by atoms with Gasteiger partial charge >= 0.3 is 6.09 Å². The molecule has 0 saturated carbocycles. The van der Waals surface area contributed by atoms with Gasteiger partial charge in [-0.1, -0.05) is 30.3 Å². The smallest absolute Gasteiger partial charge is 0.411 e. The molecular weight excluding hydrogens is 350 g/mol. The molecular formula is C19H25N3O5. The number of nitrogens with two attached hydrogens (primary N) is 1. The largest absolute Gasteiger partial charge is 0.444 e. The summed E-state index contributed by atoms with van der Waals surface area (Å²) in [7, 11) is 0. The van der Waals surface area contributed by atoms with Crippen LogP contribution in [-0.2, 0) is 25.8 Å². The minimum absolute atomic E-state index is 0.182. The molecule has 2 saturated heterocycles. The third-order valence-electron chi connectivity index (χ3n) is 4.78. The molecule has 2 atom stereocenters. The van der Waals surface area contributed by atoms with Gasteiger partial charge in [-0.3, -0.25) is 19.3 Å². The first-order chi connectivity index (χ1) is 12.6. The lowest BCUT2D eigenvalue weighted by molar-refractivity contribution is -0.241. The van der Waals surface area contributed by atoms with Crippen LogP contribution in [0.2, 0.25) is 0 Å². The number of carbonyl (C=O) groups is 3. The van der Waals surface area contributed by atoms with E-state index in [9.17, 15) is 14.4 Å². The second-order valence-corrected chi connectivity index (χ2v) is 7.94. The summed E-state index contributed by atoms with van der Waals surface area (Å²) in [6.45, 7) is 5.61. The lowest BCUT2D eigenvalue weighted by Crippen LogP contribution is -2.74.